The second kappa shape index (κ2) is 8.93. The van der Waals surface area contributed by atoms with E-state index in [2.05, 4.69) is 10.0 Å². The highest BCUT2D eigenvalue weighted by Crippen LogP contribution is 2.30. The van der Waals surface area contributed by atoms with Gasteiger partial charge in [-0.25, -0.2) is 13.8 Å². The number of halogens is 2. The van der Waals surface area contributed by atoms with Gasteiger partial charge in [-0.1, -0.05) is 24.3 Å². The lowest BCUT2D eigenvalue weighted by molar-refractivity contribution is -0.131. The Hall–Kier alpha value is -3.13. The third kappa shape index (κ3) is 4.64. The van der Waals surface area contributed by atoms with E-state index >= 15 is 0 Å². The van der Waals surface area contributed by atoms with Crippen LogP contribution in [0.3, 0.4) is 0 Å². The first-order chi connectivity index (χ1) is 14.9. The zero-order chi connectivity index (χ0) is 22.0. The highest BCUT2D eigenvalue weighted by molar-refractivity contribution is 6.39. The molecule has 2 aromatic rings. The van der Waals surface area contributed by atoms with Crippen LogP contribution in [0.2, 0.25) is 0 Å². The van der Waals surface area contributed by atoms with Gasteiger partial charge in [-0.3, -0.25) is 14.5 Å². The molecule has 0 aliphatic carbocycles. The van der Waals surface area contributed by atoms with Crippen LogP contribution in [0.4, 0.5) is 8.78 Å². The van der Waals surface area contributed by atoms with Gasteiger partial charge in [0.05, 0.1) is 6.04 Å². The van der Waals surface area contributed by atoms with Crippen molar-refractivity contribution < 1.29 is 18.4 Å². The van der Waals surface area contributed by atoms with Crippen molar-refractivity contribution in [1.29, 1.82) is 0 Å². The van der Waals surface area contributed by atoms with Gasteiger partial charge in [0.15, 0.2) is 0 Å². The molecule has 31 heavy (non-hydrogen) atoms. The van der Waals surface area contributed by atoms with Crippen LogP contribution in [-0.2, 0) is 9.59 Å². The van der Waals surface area contributed by atoms with Gasteiger partial charge in [0, 0.05) is 46.1 Å². The van der Waals surface area contributed by atoms with E-state index in [0.717, 1.165) is 11.1 Å². The summed E-state index contributed by atoms with van der Waals surface area (Å²) in [6.07, 6.45) is 0.647. The number of hydrogen-bond donors (Lipinski definition) is 0. The lowest BCUT2D eigenvalue weighted by Crippen LogP contribution is -2.52. The molecule has 0 radical (unpaired) electrons. The van der Waals surface area contributed by atoms with E-state index in [-0.39, 0.29) is 35.9 Å². The summed E-state index contributed by atoms with van der Waals surface area (Å²) in [7, 11) is 1.56. The van der Waals surface area contributed by atoms with Crippen LogP contribution >= 0.6 is 0 Å². The lowest BCUT2D eigenvalue weighted by Gasteiger charge is -2.40. The summed E-state index contributed by atoms with van der Waals surface area (Å²) in [5.74, 6) is -0.857. The second-order valence-corrected chi connectivity index (χ2v) is 7.80. The molecule has 0 bridgehead atoms. The predicted molar refractivity (Wildman–Crippen MR) is 112 cm³/mol. The summed E-state index contributed by atoms with van der Waals surface area (Å²) in [6, 6.07) is 12.5. The molecule has 0 N–H and O–H groups in total. The summed E-state index contributed by atoms with van der Waals surface area (Å²) in [4.78, 5) is 28.4. The van der Waals surface area contributed by atoms with Gasteiger partial charge < -0.3 is 4.90 Å². The van der Waals surface area contributed by atoms with Gasteiger partial charge in [0.1, 0.15) is 17.3 Å². The lowest BCUT2D eigenvalue weighted by atomic mass is 9.96. The summed E-state index contributed by atoms with van der Waals surface area (Å²) < 4.78 is 26.9. The van der Waals surface area contributed by atoms with Crippen LogP contribution in [0.5, 0.6) is 0 Å². The Labute approximate surface area is 179 Å². The molecule has 0 saturated carbocycles. The van der Waals surface area contributed by atoms with Gasteiger partial charge in [-0.05, 0) is 35.4 Å². The molecule has 2 heterocycles. The Bertz CT molecular complexity index is 938. The van der Waals surface area contributed by atoms with E-state index in [9.17, 15) is 18.4 Å². The topological polar surface area (TPSA) is 56.2 Å². The fourth-order valence-electron chi connectivity index (χ4n) is 4.09. The zero-order valence-electron chi connectivity index (χ0n) is 17.3. The fourth-order valence-corrected chi connectivity index (χ4v) is 4.09. The van der Waals surface area contributed by atoms with Crippen LogP contribution in [-0.4, -0.2) is 65.6 Å². The third-order valence-corrected chi connectivity index (χ3v) is 5.79. The van der Waals surface area contributed by atoms with Crippen molar-refractivity contribution >= 4 is 17.5 Å². The Morgan fingerprint density at radius 2 is 1.39 bits per heavy atom. The average molecular weight is 426 g/mol. The van der Waals surface area contributed by atoms with Crippen molar-refractivity contribution in [3.63, 3.8) is 0 Å². The maximum atomic E-state index is 13.5. The molecule has 4 rings (SSSR count). The standard InChI is InChI=1S/C23H24F2N4O2/c1-27-21(30)11-10-20(26-27)23(31)29-14-12-28(13-15-29)22(16-2-6-18(24)7-3-16)17-4-8-19(25)9-5-17/h2-9,22H,10-15H2,1H3. The maximum absolute atomic E-state index is 13.5. The van der Waals surface area contributed by atoms with Gasteiger partial charge in [0.2, 0.25) is 5.91 Å². The van der Waals surface area contributed by atoms with Crippen molar-refractivity contribution in [1.82, 2.24) is 14.8 Å². The van der Waals surface area contributed by atoms with Crippen LogP contribution in [0.1, 0.15) is 30.0 Å². The summed E-state index contributed by atoms with van der Waals surface area (Å²) in [6.45, 7) is 2.23. The van der Waals surface area contributed by atoms with Crippen LogP contribution in [0.15, 0.2) is 53.6 Å². The largest absolute Gasteiger partial charge is 0.335 e. The minimum atomic E-state index is -0.311. The van der Waals surface area contributed by atoms with Gasteiger partial charge in [-0.15, -0.1) is 0 Å². The fraction of sp³-hybridized carbons (Fsp3) is 0.348. The summed E-state index contributed by atoms with van der Waals surface area (Å²) in [5, 5.41) is 5.36. The first-order valence-corrected chi connectivity index (χ1v) is 10.3. The first-order valence-electron chi connectivity index (χ1n) is 10.3. The minimum absolute atomic E-state index is 0.0946. The van der Waals surface area contributed by atoms with Gasteiger partial charge in [0.25, 0.3) is 5.91 Å². The molecule has 2 aliphatic heterocycles. The number of nitrogens with zero attached hydrogens (tertiary/aromatic N) is 4. The Morgan fingerprint density at radius 3 is 1.87 bits per heavy atom. The predicted octanol–water partition coefficient (Wildman–Crippen LogP) is 2.81. The molecular formula is C23H24F2N4O2. The van der Waals surface area contributed by atoms with Crippen molar-refractivity contribution in [3.8, 4) is 0 Å². The molecule has 2 aromatic carbocycles. The maximum Gasteiger partial charge on any atom is 0.270 e. The van der Waals surface area contributed by atoms with Crippen molar-refractivity contribution in [3.05, 3.63) is 71.3 Å². The van der Waals surface area contributed by atoms with E-state index in [4.69, 9.17) is 0 Å². The Morgan fingerprint density at radius 1 is 0.871 bits per heavy atom. The molecule has 1 saturated heterocycles. The van der Waals surface area contributed by atoms with Crippen LogP contribution in [0.25, 0.3) is 0 Å². The molecule has 0 atom stereocenters. The van der Waals surface area contributed by atoms with E-state index < -0.39 is 0 Å². The Kier molecular flexibility index (Phi) is 6.08. The molecule has 2 aliphatic rings. The van der Waals surface area contributed by atoms with E-state index in [1.807, 2.05) is 0 Å². The van der Waals surface area contributed by atoms with E-state index in [1.165, 1.54) is 29.3 Å². The number of amides is 2. The van der Waals surface area contributed by atoms with E-state index in [1.54, 1.807) is 36.2 Å². The number of hydrogen-bond acceptors (Lipinski definition) is 4. The van der Waals surface area contributed by atoms with Gasteiger partial charge >= 0.3 is 0 Å². The normalized spacial score (nSPS) is 17.8. The number of carbonyl (C=O) groups is 2. The number of rotatable bonds is 4. The monoisotopic (exact) mass is 426 g/mol. The van der Waals surface area contributed by atoms with Crippen molar-refractivity contribution in [2.45, 2.75) is 18.9 Å². The van der Waals surface area contributed by atoms with Gasteiger partial charge in [-0.2, -0.15) is 5.10 Å². The van der Waals surface area contributed by atoms with Crippen LogP contribution in [0, 0.1) is 11.6 Å². The third-order valence-electron chi connectivity index (χ3n) is 5.79. The number of hydrazone groups is 1. The number of benzene rings is 2. The molecule has 0 aromatic heterocycles. The molecule has 0 unspecified atom stereocenters. The quantitative estimate of drug-likeness (QED) is 0.756. The molecular weight excluding hydrogens is 402 g/mol. The highest BCUT2D eigenvalue weighted by Gasteiger charge is 2.31. The molecule has 1 fully saturated rings. The first kappa shape index (κ1) is 21.1. The van der Waals surface area contributed by atoms with Crippen LogP contribution < -0.4 is 0 Å². The van der Waals surface area contributed by atoms with Crippen molar-refractivity contribution in [2.24, 2.45) is 5.10 Å². The summed E-state index contributed by atoms with van der Waals surface area (Å²) in [5.41, 5.74) is 2.22. The zero-order valence-corrected chi connectivity index (χ0v) is 17.3. The average Bonchev–Trinajstić information content (AvgIpc) is 2.78. The molecule has 0 spiro atoms. The van der Waals surface area contributed by atoms with Crippen molar-refractivity contribution in [2.75, 3.05) is 33.2 Å². The second-order valence-electron chi connectivity index (χ2n) is 7.80. The molecule has 8 heteroatoms. The summed E-state index contributed by atoms with van der Waals surface area (Å²) >= 11 is 0. The SMILES string of the molecule is CN1N=C(C(=O)N2CCN(C(c3ccc(F)cc3)c3ccc(F)cc3)CC2)CCC1=O. The Balaban J connectivity index is 1.50. The smallest absolute Gasteiger partial charge is 0.270 e. The minimum Gasteiger partial charge on any atom is -0.335 e. The molecule has 6 nitrogen and oxygen atoms in total. The number of carbonyl (C=O) groups excluding carboxylic acids is 2. The number of piperazine rings is 1. The molecule has 2 amide bonds. The highest BCUT2D eigenvalue weighted by atomic mass is 19.1. The molecule has 162 valence electrons. The van der Waals surface area contributed by atoms with E-state index in [0.29, 0.717) is 38.3 Å².